The van der Waals surface area contributed by atoms with Crippen LogP contribution in [0.4, 0.5) is 0 Å². The van der Waals surface area contributed by atoms with E-state index in [4.69, 9.17) is 15.9 Å². The SMILES string of the molecule is CC(CC(CN)CO)c1ccc(O)cc1. The van der Waals surface area contributed by atoms with Crippen LogP contribution in [0.15, 0.2) is 24.3 Å². The lowest BCUT2D eigenvalue weighted by Gasteiger charge is -2.17. The Hall–Kier alpha value is -1.06. The fourth-order valence-corrected chi connectivity index (χ4v) is 1.68. The highest BCUT2D eigenvalue weighted by Gasteiger charge is 2.12. The van der Waals surface area contributed by atoms with Gasteiger partial charge in [0.1, 0.15) is 5.75 Å². The van der Waals surface area contributed by atoms with Crippen LogP contribution < -0.4 is 5.73 Å². The fraction of sp³-hybridized carbons (Fsp3) is 0.500. The number of aromatic hydroxyl groups is 1. The number of rotatable bonds is 5. The Labute approximate surface area is 90.5 Å². The van der Waals surface area contributed by atoms with E-state index in [1.165, 1.54) is 5.56 Å². The largest absolute Gasteiger partial charge is 0.508 e. The molecular formula is C12H19NO2. The first-order valence-corrected chi connectivity index (χ1v) is 5.27. The Morgan fingerprint density at radius 1 is 1.27 bits per heavy atom. The zero-order chi connectivity index (χ0) is 11.3. The van der Waals surface area contributed by atoms with Gasteiger partial charge in [-0.25, -0.2) is 0 Å². The molecule has 0 bridgehead atoms. The van der Waals surface area contributed by atoms with Crippen molar-refractivity contribution in [2.24, 2.45) is 11.7 Å². The van der Waals surface area contributed by atoms with Gasteiger partial charge in [0.2, 0.25) is 0 Å². The summed E-state index contributed by atoms with van der Waals surface area (Å²) < 4.78 is 0. The number of hydrogen-bond donors (Lipinski definition) is 3. The lowest BCUT2D eigenvalue weighted by molar-refractivity contribution is 0.217. The Kier molecular flexibility index (Phi) is 4.59. The van der Waals surface area contributed by atoms with Crippen LogP contribution in [0.3, 0.4) is 0 Å². The summed E-state index contributed by atoms with van der Waals surface area (Å²) in [6.45, 7) is 2.75. The van der Waals surface area contributed by atoms with Gasteiger partial charge in [-0.2, -0.15) is 0 Å². The molecule has 3 heteroatoms. The molecule has 0 aliphatic carbocycles. The topological polar surface area (TPSA) is 66.5 Å². The van der Waals surface area contributed by atoms with E-state index in [1.54, 1.807) is 12.1 Å². The van der Waals surface area contributed by atoms with Crippen LogP contribution in [-0.4, -0.2) is 23.4 Å². The number of aliphatic hydroxyl groups is 1. The molecule has 1 aromatic carbocycles. The maximum atomic E-state index is 9.15. The predicted molar refractivity (Wildman–Crippen MR) is 60.8 cm³/mol. The van der Waals surface area contributed by atoms with Gasteiger partial charge in [-0.15, -0.1) is 0 Å². The van der Waals surface area contributed by atoms with Crippen molar-refractivity contribution in [3.05, 3.63) is 29.8 Å². The van der Waals surface area contributed by atoms with Crippen molar-refractivity contribution in [2.45, 2.75) is 19.3 Å². The van der Waals surface area contributed by atoms with E-state index in [9.17, 15) is 0 Å². The van der Waals surface area contributed by atoms with Gasteiger partial charge in [-0.1, -0.05) is 19.1 Å². The van der Waals surface area contributed by atoms with Gasteiger partial charge in [0, 0.05) is 6.61 Å². The molecular weight excluding hydrogens is 190 g/mol. The summed E-state index contributed by atoms with van der Waals surface area (Å²) in [5.74, 6) is 0.795. The molecule has 0 saturated carbocycles. The molecule has 0 radical (unpaired) electrons. The Bertz CT molecular complexity index is 280. The molecule has 0 heterocycles. The predicted octanol–water partition coefficient (Wildman–Crippen LogP) is 1.45. The molecule has 2 atom stereocenters. The van der Waals surface area contributed by atoms with Gasteiger partial charge in [-0.3, -0.25) is 0 Å². The minimum absolute atomic E-state index is 0.138. The number of benzene rings is 1. The third-order valence-electron chi connectivity index (χ3n) is 2.74. The Balaban J connectivity index is 2.60. The van der Waals surface area contributed by atoms with Crippen LogP contribution in [0, 0.1) is 5.92 Å². The van der Waals surface area contributed by atoms with Crippen molar-refractivity contribution in [2.75, 3.05) is 13.2 Å². The summed E-state index contributed by atoms with van der Waals surface area (Å²) in [6, 6.07) is 7.18. The summed E-state index contributed by atoms with van der Waals surface area (Å²) in [4.78, 5) is 0. The maximum absolute atomic E-state index is 9.15. The monoisotopic (exact) mass is 209 g/mol. The minimum Gasteiger partial charge on any atom is -0.508 e. The molecule has 0 saturated heterocycles. The number of hydrogen-bond acceptors (Lipinski definition) is 3. The zero-order valence-corrected chi connectivity index (χ0v) is 9.06. The molecule has 0 aliphatic heterocycles. The highest BCUT2D eigenvalue weighted by Crippen LogP contribution is 2.24. The molecule has 0 fully saturated rings. The smallest absolute Gasteiger partial charge is 0.115 e. The summed E-state index contributed by atoms with van der Waals surface area (Å²) in [5.41, 5.74) is 6.70. The number of phenols is 1. The molecule has 15 heavy (non-hydrogen) atoms. The van der Waals surface area contributed by atoms with E-state index in [1.807, 2.05) is 12.1 Å². The summed E-state index contributed by atoms with van der Waals surface area (Å²) >= 11 is 0. The molecule has 4 N–H and O–H groups in total. The maximum Gasteiger partial charge on any atom is 0.115 e. The van der Waals surface area contributed by atoms with Crippen LogP contribution in [-0.2, 0) is 0 Å². The molecule has 0 aromatic heterocycles. The van der Waals surface area contributed by atoms with Crippen molar-refractivity contribution in [1.29, 1.82) is 0 Å². The molecule has 1 aromatic rings. The van der Waals surface area contributed by atoms with Crippen LogP contribution in [0.1, 0.15) is 24.8 Å². The summed E-state index contributed by atoms with van der Waals surface area (Å²) in [5, 5.41) is 18.2. The van der Waals surface area contributed by atoms with E-state index in [0.717, 1.165) is 6.42 Å². The normalized spacial score (nSPS) is 14.9. The average molecular weight is 209 g/mol. The second kappa shape index (κ2) is 5.73. The summed E-state index contributed by atoms with van der Waals surface area (Å²) in [7, 11) is 0. The minimum atomic E-state index is 0.138. The van der Waals surface area contributed by atoms with Crippen LogP contribution in [0.2, 0.25) is 0 Å². The van der Waals surface area contributed by atoms with Crippen molar-refractivity contribution >= 4 is 0 Å². The lowest BCUT2D eigenvalue weighted by Crippen LogP contribution is -2.20. The summed E-state index contributed by atoms with van der Waals surface area (Å²) in [6.07, 6.45) is 0.873. The zero-order valence-electron chi connectivity index (χ0n) is 9.06. The van der Waals surface area contributed by atoms with Gasteiger partial charge >= 0.3 is 0 Å². The third kappa shape index (κ3) is 3.53. The van der Waals surface area contributed by atoms with Gasteiger partial charge in [0.05, 0.1) is 0 Å². The fourth-order valence-electron chi connectivity index (χ4n) is 1.68. The first kappa shape index (κ1) is 12.0. The Morgan fingerprint density at radius 2 is 1.87 bits per heavy atom. The molecule has 0 amide bonds. The molecule has 0 aliphatic rings. The van der Waals surface area contributed by atoms with Gasteiger partial charge < -0.3 is 15.9 Å². The molecule has 3 nitrogen and oxygen atoms in total. The standard InChI is InChI=1S/C12H19NO2/c1-9(6-10(7-13)8-14)11-2-4-12(15)5-3-11/h2-5,9-10,14-15H,6-8,13H2,1H3. The quantitative estimate of drug-likeness (QED) is 0.687. The highest BCUT2D eigenvalue weighted by atomic mass is 16.3. The second-order valence-corrected chi connectivity index (χ2v) is 4.01. The van der Waals surface area contributed by atoms with Crippen LogP contribution in [0.5, 0.6) is 5.75 Å². The molecule has 1 rings (SSSR count). The Morgan fingerprint density at radius 3 is 2.33 bits per heavy atom. The van der Waals surface area contributed by atoms with Crippen LogP contribution in [0.25, 0.3) is 0 Å². The highest BCUT2D eigenvalue weighted by molar-refractivity contribution is 5.27. The van der Waals surface area contributed by atoms with E-state index in [2.05, 4.69) is 6.92 Å². The lowest BCUT2D eigenvalue weighted by atomic mass is 9.90. The van der Waals surface area contributed by atoms with E-state index in [-0.39, 0.29) is 18.3 Å². The van der Waals surface area contributed by atoms with E-state index in [0.29, 0.717) is 12.5 Å². The van der Waals surface area contributed by atoms with Crippen LogP contribution >= 0.6 is 0 Å². The first-order chi connectivity index (χ1) is 7.17. The molecule has 0 spiro atoms. The van der Waals surface area contributed by atoms with Crippen molar-refractivity contribution in [1.82, 2.24) is 0 Å². The van der Waals surface area contributed by atoms with Gasteiger partial charge in [0.15, 0.2) is 0 Å². The van der Waals surface area contributed by atoms with Gasteiger partial charge in [-0.05, 0) is 42.5 Å². The second-order valence-electron chi connectivity index (χ2n) is 4.01. The van der Waals surface area contributed by atoms with E-state index < -0.39 is 0 Å². The van der Waals surface area contributed by atoms with Crippen molar-refractivity contribution in [3.8, 4) is 5.75 Å². The van der Waals surface area contributed by atoms with Gasteiger partial charge in [0.25, 0.3) is 0 Å². The van der Waals surface area contributed by atoms with E-state index >= 15 is 0 Å². The number of aliphatic hydroxyl groups excluding tert-OH is 1. The van der Waals surface area contributed by atoms with Crippen molar-refractivity contribution in [3.63, 3.8) is 0 Å². The van der Waals surface area contributed by atoms with Crippen molar-refractivity contribution < 1.29 is 10.2 Å². The third-order valence-corrected chi connectivity index (χ3v) is 2.74. The molecule has 2 unspecified atom stereocenters. The first-order valence-electron chi connectivity index (χ1n) is 5.27. The molecule has 84 valence electrons. The number of nitrogens with two attached hydrogens (primary N) is 1. The number of phenolic OH excluding ortho intramolecular Hbond substituents is 1. The average Bonchev–Trinajstić information content (AvgIpc) is 2.26.